The number of amides is 1. The fraction of sp³-hybridized carbons (Fsp3) is 0.214. The van der Waals surface area contributed by atoms with Gasteiger partial charge in [-0.05, 0) is 37.1 Å². The molecule has 0 saturated heterocycles. The first-order chi connectivity index (χ1) is 20.6. The fourth-order valence-corrected chi connectivity index (χ4v) is 6.17. The summed E-state index contributed by atoms with van der Waals surface area (Å²) < 4.78 is 35.3. The SMILES string of the molecule is COC(=O)[C@H](CNC(=O)c1ccc2c(CCc3cc(=O)[nH]c(N)n3)nn(C)c2c1)NS(=O)(=O)c1cccc2cnccc12. The summed E-state index contributed by atoms with van der Waals surface area (Å²) in [6.45, 7) is -0.363. The summed E-state index contributed by atoms with van der Waals surface area (Å²) in [4.78, 5) is 47.8. The number of nitrogens with two attached hydrogens (primary N) is 1. The van der Waals surface area contributed by atoms with Gasteiger partial charge >= 0.3 is 5.97 Å². The Hall–Kier alpha value is -5.15. The molecular weight excluding hydrogens is 576 g/mol. The topological polar surface area (TPSA) is 204 Å². The van der Waals surface area contributed by atoms with Crippen molar-refractivity contribution in [3.8, 4) is 0 Å². The molecule has 5 rings (SSSR count). The smallest absolute Gasteiger partial charge is 0.325 e. The number of ether oxygens (including phenoxy) is 1. The maximum absolute atomic E-state index is 13.3. The van der Waals surface area contributed by atoms with E-state index in [1.807, 2.05) is 0 Å². The van der Waals surface area contributed by atoms with Gasteiger partial charge in [0.25, 0.3) is 11.5 Å². The molecule has 1 atom stereocenters. The minimum absolute atomic E-state index is 0.0385. The third-order valence-electron chi connectivity index (χ3n) is 6.80. The number of esters is 1. The molecule has 14 nitrogen and oxygen atoms in total. The van der Waals surface area contributed by atoms with Gasteiger partial charge < -0.3 is 15.8 Å². The zero-order chi connectivity index (χ0) is 30.7. The molecule has 0 saturated carbocycles. The molecule has 5 N–H and O–H groups in total. The molecular formula is C28H28N8O6S. The maximum atomic E-state index is 13.3. The van der Waals surface area contributed by atoms with Crippen LogP contribution in [0.15, 0.2) is 70.6 Å². The summed E-state index contributed by atoms with van der Waals surface area (Å²) in [7, 11) is -1.32. The van der Waals surface area contributed by atoms with Crippen LogP contribution in [-0.4, -0.2) is 64.7 Å². The average Bonchev–Trinajstić information content (AvgIpc) is 3.31. The highest BCUT2D eigenvalue weighted by atomic mass is 32.2. The largest absolute Gasteiger partial charge is 0.468 e. The van der Waals surface area contributed by atoms with Crippen molar-refractivity contribution in [2.75, 3.05) is 19.4 Å². The van der Waals surface area contributed by atoms with Gasteiger partial charge in [-0.1, -0.05) is 18.2 Å². The van der Waals surface area contributed by atoms with Crippen LogP contribution in [0.3, 0.4) is 0 Å². The molecule has 222 valence electrons. The zero-order valence-corrected chi connectivity index (χ0v) is 24.0. The lowest BCUT2D eigenvalue weighted by Gasteiger charge is -2.18. The van der Waals surface area contributed by atoms with Gasteiger partial charge in [0.2, 0.25) is 16.0 Å². The lowest BCUT2D eigenvalue weighted by Crippen LogP contribution is -2.48. The lowest BCUT2D eigenvalue weighted by atomic mass is 10.1. The van der Waals surface area contributed by atoms with Crippen LogP contribution >= 0.6 is 0 Å². The maximum Gasteiger partial charge on any atom is 0.325 e. The van der Waals surface area contributed by atoms with Crippen molar-refractivity contribution in [1.82, 2.24) is 34.8 Å². The van der Waals surface area contributed by atoms with Crippen molar-refractivity contribution in [3.05, 3.63) is 88.2 Å². The Labute approximate surface area is 245 Å². The number of nitrogen functional groups attached to an aromatic ring is 1. The van der Waals surface area contributed by atoms with Crippen LogP contribution in [0.2, 0.25) is 0 Å². The van der Waals surface area contributed by atoms with Crippen molar-refractivity contribution in [2.45, 2.75) is 23.8 Å². The van der Waals surface area contributed by atoms with E-state index in [1.165, 1.54) is 24.5 Å². The molecule has 0 radical (unpaired) electrons. The molecule has 3 heterocycles. The molecule has 0 aliphatic heterocycles. The molecule has 3 aromatic heterocycles. The molecule has 0 aliphatic carbocycles. The van der Waals surface area contributed by atoms with E-state index in [4.69, 9.17) is 10.5 Å². The molecule has 1 amide bonds. The Bertz CT molecular complexity index is 2020. The Balaban J connectivity index is 1.30. The van der Waals surface area contributed by atoms with Crippen molar-refractivity contribution < 1.29 is 22.7 Å². The van der Waals surface area contributed by atoms with Crippen molar-refractivity contribution in [2.24, 2.45) is 7.05 Å². The van der Waals surface area contributed by atoms with Gasteiger partial charge in [-0.15, -0.1) is 0 Å². The number of methoxy groups -OCH3 is 1. The van der Waals surface area contributed by atoms with Gasteiger partial charge in [0.1, 0.15) is 6.04 Å². The molecule has 0 aliphatic rings. The first-order valence-electron chi connectivity index (χ1n) is 13.1. The number of aromatic nitrogens is 5. The Morgan fingerprint density at radius 1 is 1.12 bits per heavy atom. The third-order valence-corrected chi connectivity index (χ3v) is 8.33. The normalized spacial score (nSPS) is 12.3. The molecule has 43 heavy (non-hydrogen) atoms. The Kier molecular flexibility index (Phi) is 8.18. The van der Waals surface area contributed by atoms with E-state index in [-0.39, 0.29) is 28.5 Å². The average molecular weight is 605 g/mol. The van der Waals surface area contributed by atoms with E-state index in [0.29, 0.717) is 34.8 Å². The molecule has 0 fully saturated rings. The Morgan fingerprint density at radius 3 is 2.70 bits per heavy atom. The van der Waals surface area contributed by atoms with Crippen LogP contribution < -0.4 is 21.3 Å². The monoisotopic (exact) mass is 604 g/mol. The number of sulfonamides is 1. The number of pyridine rings is 1. The number of hydrogen-bond donors (Lipinski definition) is 4. The second-order valence-electron chi connectivity index (χ2n) is 9.68. The van der Waals surface area contributed by atoms with Crippen molar-refractivity contribution >= 4 is 49.5 Å². The number of rotatable bonds is 10. The number of hydrogen-bond acceptors (Lipinski definition) is 10. The summed E-state index contributed by atoms with van der Waals surface area (Å²) in [5.41, 5.74) is 7.52. The summed E-state index contributed by atoms with van der Waals surface area (Å²) in [5, 5.41) is 9.01. The van der Waals surface area contributed by atoms with Gasteiger partial charge in [0.15, 0.2) is 0 Å². The summed E-state index contributed by atoms with van der Waals surface area (Å²) in [6, 6.07) is 11.3. The summed E-state index contributed by atoms with van der Waals surface area (Å²) >= 11 is 0. The highest BCUT2D eigenvalue weighted by molar-refractivity contribution is 7.89. The minimum Gasteiger partial charge on any atom is -0.468 e. The van der Waals surface area contributed by atoms with E-state index >= 15 is 0 Å². The van der Waals surface area contributed by atoms with Crippen LogP contribution in [0.4, 0.5) is 5.95 Å². The third kappa shape index (κ3) is 6.37. The highest BCUT2D eigenvalue weighted by Crippen LogP contribution is 2.23. The van der Waals surface area contributed by atoms with E-state index in [9.17, 15) is 22.8 Å². The highest BCUT2D eigenvalue weighted by Gasteiger charge is 2.28. The number of aromatic amines is 1. The first-order valence-corrected chi connectivity index (χ1v) is 14.6. The number of H-pyrrole nitrogens is 1. The van der Waals surface area contributed by atoms with Gasteiger partial charge in [-0.25, -0.2) is 13.4 Å². The number of carbonyl (C=O) groups is 2. The van der Waals surface area contributed by atoms with Crippen LogP contribution in [0.1, 0.15) is 21.7 Å². The minimum atomic E-state index is -4.19. The number of nitrogens with zero attached hydrogens (tertiary/aromatic N) is 4. The number of nitrogens with one attached hydrogen (secondary N) is 3. The van der Waals surface area contributed by atoms with E-state index < -0.39 is 27.9 Å². The molecule has 0 spiro atoms. The van der Waals surface area contributed by atoms with Crippen LogP contribution in [0, 0.1) is 0 Å². The van der Waals surface area contributed by atoms with Gasteiger partial charge in [-0.2, -0.15) is 9.82 Å². The van der Waals surface area contributed by atoms with Crippen LogP contribution in [-0.2, 0) is 39.4 Å². The van der Waals surface area contributed by atoms with Crippen LogP contribution in [0.25, 0.3) is 21.7 Å². The number of aryl methyl sites for hydroxylation is 3. The predicted molar refractivity (Wildman–Crippen MR) is 158 cm³/mol. The van der Waals surface area contributed by atoms with Gasteiger partial charge in [-0.3, -0.25) is 29.0 Å². The van der Waals surface area contributed by atoms with Crippen molar-refractivity contribution in [3.63, 3.8) is 0 Å². The van der Waals surface area contributed by atoms with Gasteiger partial charge in [0.05, 0.1) is 28.9 Å². The first kappa shape index (κ1) is 29.3. The molecule has 5 aromatic rings. The summed E-state index contributed by atoms with van der Waals surface area (Å²) in [6.07, 6.45) is 3.92. The number of carbonyl (C=O) groups excluding carboxylic acids is 2. The molecule has 0 unspecified atom stereocenters. The quantitative estimate of drug-likeness (QED) is 0.165. The van der Waals surface area contributed by atoms with E-state index in [0.717, 1.165) is 18.2 Å². The number of benzene rings is 2. The second-order valence-corrected chi connectivity index (χ2v) is 11.4. The molecule has 15 heteroatoms. The zero-order valence-electron chi connectivity index (χ0n) is 23.2. The Morgan fingerprint density at radius 2 is 1.93 bits per heavy atom. The van der Waals surface area contributed by atoms with E-state index in [2.05, 4.69) is 30.1 Å². The van der Waals surface area contributed by atoms with E-state index in [1.54, 1.807) is 48.1 Å². The second kappa shape index (κ2) is 12.0. The number of fused-ring (bicyclic) bond motifs is 2. The number of anilines is 1. The van der Waals surface area contributed by atoms with Crippen LogP contribution in [0.5, 0.6) is 0 Å². The predicted octanol–water partition coefficient (Wildman–Crippen LogP) is 0.822. The molecule has 0 bridgehead atoms. The lowest BCUT2D eigenvalue weighted by molar-refractivity contribution is -0.142. The molecule has 2 aromatic carbocycles. The fourth-order valence-electron chi connectivity index (χ4n) is 4.75. The standard InChI is InChI=1S/C28H28N8O6S/c1-36-23-12-16(6-8-20(23)21(34-36)9-7-18-13-25(37)33-28(29)32-18)26(38)31-15-22(27(39)42-2)35-43(40,41)24-5-3-4-17-14-30-11-10-19(17)24/h3-6,8,10-14,22,35H,7,9,15H2,1-2H3,(H,31,38)(H3,29,32,33,37)/t22-/m0/s1. The van der Waals surface area contributed by atoms with Crippen molar-refractivity contribution in [1.29, 1.82) is 0 Å². The summed E-state index contributed by atoms with van der Waals surface area (Å²) in [5.74, 6) is -1.36. The van der Waals surface area contributed by atoms with Gasteiger partial charge in [0, 0.05) is 53.8 Å².